The molecule has 2 heteroatoms. The Kier molecular flexibility index (Phi) is 5.61. The fourth-order valence-corrected chi connectivity index (χ4v) is 1.93. The molecule has 1 aromatic carbocycles. The van der Waals surface area contributed by atoms with Crippen LogP contribution >= 0.6 is 0 Å². The van der Waals surface area contributed by atoms with Gasteiger partial charge >= 0.3 is 0 Å². The maximum absolute atomic E-state index is 5.79. The fraction of sp³-hybridized carbons (Fsp3) is 0.467. The number of benzene rings is 1. The summed E-state index contributed by atoms with van der Waals surface area (Å²) in [5, 5.41) is 0. The molecular formula is C15H23NO. The number of anilines is 1. The molecule has 0 fully saturated rings. The van der Waals surface area contributed by atoms with E-state index in [2.05, 4.69) is 26.0 Å². The van der Waals surface area contributed by atoms with Gasteiger partial charge in [0.1, 0.15) is 5.75 Å². The second-order valence-corrected chi connectivity index (χ2v) is 4.32. The number of methoxy groups -OCH3 is 1. The lowest BCUT2D eigenvalue weighted by Crippen LogP contribution is -1.94. The van der Waals surface area contributed by atoms with Crippen molar-refractivity contribution in [2.75, 3.05) is 12.8 Å². The predicted molar refractivity (Wildman–Crippen MR) is 75.1 cm³/mol. The Morgan fingerprint density at radius 3 is 2.71 bits per heavy atom. The van der Waals surface area contributed by atoms with E-state index in [0.29, 0.717) is 5.92 Å². The number of nitrogen functional groups attached to an aromatic ring is 1. The Morgan fingerprint density at radius 2 is 2.12 bits per heavy atom. The number of rotatable bonds is 6. The van der Waals surface area contributed by atoms with Gasteiger partial charge in [-0.1, -0.05) is 32.4 Å². The SMILES string of the molecule is CCCC(/C=C/c1cc(N)ccc1OC)CC. The minimum atomic E-state index is 0.645. The van der Waals surface area contributed by atoms with Crippen LogP contribution in [0.3, 0.4) is 0 Å². The van der Waals surface area contributed by atoms with Gasteiger partial charge in [0, 0.05) is 11.3 Å². The highest BCUT2D eigenvalue weighted by atomic mass is 16.5. The zero-order valence-electron chi connectivity index (χ0n) is 11.1. The lowest BCUT2D eigenvalue weighted by molar-refractivity contribution is 0.414. The topological polar surface area (TPSA) is 35.2 Å². The van der Waals surface area contributed by atoms with Crippen molar-refractivity contribution >= 4 is 11.8 Å². The maximum Gasteiger partial charge on any atom is 0.126 e. The second kappa shape index (κ2) is 7.00. The van der Waals surface area contributed by atoms with Gasteiger partial charge in [-0.05, 0) is 37.0 Å². The van der Waals surface area contributed by atoms with Crippen molar-refractivity contribution in [3.05, 3.63) is 29.8 Å². The molecule has 0 heterocycles. The van der Waals surface area contributed by atoms with Crippen molar-refractivity contribution in [1.82, 2.24) is 0 Å². The molecule has 0 amide bonds. The lowest BCUT2D eigenvalue weighted by Gasteiger charge is -2.09. The molecule has 1 unspecified atom stereocenters. The molecule has 1 aromatic rings. The Balaban J connectivity index is 2.85. The summed E-state index contributed by atoms with van der Waals surface area (Å²) in [5.41, 5.74) is 7.62. The molecule has 0 aromatic heterocycles. The number of allylic oxidation sites excluding steroid dienone is 1. The molecule has 0 aliphatic carbocycles. The van der Waals surface area contributed by atoms with E-state index in [4.69, 9.17) is 10.5 Å². The van der Waals surface area contributed by atoms with Crippen molar-refractivity contribution in [2.45, 2.75) is 33.1 Å². The van der Waals surface area contributed by atoms with Gasteiger partial charge in [-0.15, -0.1) is 0 Å². The van der Waals surface area contributed by atoms with Crippen molar-refractivity contribution in [2.24, 2.45) is 5.92 Å². The van der Waals surface area contributed by atoms with E-state index < -0.39 is 0 Å². The maximum atomic E-state index is 5.79. The van der Waals surface area contributed by atoms with E-state index in [0.717, 1.165) is 17.0 Å². The summed E-state index contributed by atoms with van der Waals surface area (Å²) >= 11 is 0. The van der Waals surface area contributed by atoms with Crippen LogP contribution in [0.4, 0.5) is 5.69 Å². The average Bonchev–Trinajstić information content (AvgIpc) is 2.34. The minimum absolute atomic E-state index is 0.645. The molecule has 1 rings (SSSR count). The van der Waals surface area contributed by atoms with Crippen LogP contribution in [0, 0.1) is 5.92 Å². The van der Waals surface area contributed by atoms with Crippen LogP contribution in [-0.4, -0.2) is 7.11 Å². The largest absolute Gasteiger partial charge is 0.496 e. The Bertz CT molecular complexity index is 371. The normalized spacial score (nSPS) is 12.9. The molecule has 0 saturated carbocycles. The van der Waals surface area contributed by atoms with Gasteiger partial charge in [0.15, 0.2) is 0 Å². The molecule has 2 nitrogen and oxygen atoms in total. The van der Waals surface area contributed by atoms with E-state index in [1.165, 1.54) is 19.3 Å². The van der Waals surface area contributed by atoms with E-state index >= 15 is 0 Å². The first-order chi connectivity index (χ1) is 8.21. The van der Waals surface area contributed by atoms with E-state index in [9.17, 15) is 0 Å². The summed E-state index contributed by atoms with van der Waals surface area (Å²) in [6, 6.07) is 5.73. The highest BCUT2D eigenvalue weighted by molar-refractivity contribution is 5.62. The van der Waals surface area contributed by atoms with Crippen LogP contribution in [-0.2, 0) is 0 Å². The van der Waals surface area contributed by atoms with Crippen molar-refractivity contribution in [3.63, 3.8) is 0 Å². The summed E-state index contributed by atoms with van der Waals surface area (Å²) in [6.07, 6.45) is 8.02. The zero-order chi connectivity index (χ0) is 12.7. The number of hydrogen-bond acceptors (Lipinski definition) is 2. The van der Waals surface area contributed by atoms with Crippen LogP contribution in [0.15, 0.2) is 24.3 Å². The van der Waals surface area contributed by atoms with Gasteiger partial charge in [0.25, 0.3) is 0 Å². The highest BCUT2D eigenvalue weighted by Crippen LogP contribution is 2.24. The first kappa shape index (κ1) is 13.6. The van der Waals surface area contributed by atoms with Crippen molar-refractivity contribution < 1.29 is 4.74 Å². The molecule has 94 valence electrons. The third-order valence-corrected chi connectivity index (χ3v) is 2.99. The van der Waals surface area contributed by atoms with Crippen LogP contribution in [0.2, 0.25) is 0 Å². The molecule has 0 bridgehead atoms. The molecule has 2 N–H and O–H groups in total. The summed E-state index contributed by atoms with van der Waals surface area (Å²) in [4.78, 5) is 0. The summed E-state index contributed by atoms with van der Waals surface area (Å²) < 4.78 is 5.32. The summed E-state index contributed by atoms with van der Waals surface area (Å²) in [6.45, 7) is 4.44. The minimum Gasteiger partial charge on any atom is -0.496 e. The molecule has 1 atom stereocenters. The predicted octanol–water partition coefficient (Wildman–Crippen LogP) is 4.12. The Morgan fingerprint density at radius 1 is 1.35 bits per heavy atom. The molecule has 0 aliphatic rings. The quantitative estimate of drug-likeness (QED) is 0.750. The van der Waals surface area contributed by atoms with E-state index in [-0.39, 0.29) is 0 Å². The van der Waals surface area contributed by atoms with Crippen LogP contribution in [0.5, 0.6) is 5.75 Å². The smallest absolute Gasteiger partial charge is 0.126 e. The third-order valence-electron chi connectivity index (χ3n) is 2.99. The number of nitrogens with two attached hydrogens (primary N) is 1. The van der Waals surface area contributed by atoms with Crippen LogP contribution < -0.4 is 10.5 Å². The average molecular weight is 233 g/mol. The zero-order valence-corrected chi connectivity index (χ0v) is 11.1. The van der Waals surface area contributed by atoms with Gasteiger partial charge in [-0.25, -0.2) is 0 Å². The number of hydrogen-bond donors (Lipinski definition) is 1. The van der Waals surface area contributed by atoms with Crippen LogP contribution in [0.1, 0.15) is 38.7 Å². The Labute approximate surface area is 104 Å². The van der Waals surface area contributed by atoms with Crippen molar-refractivity contribution in [1.29, 1.82) is 0 Å². The van der Waals surface area contributed by atoms with Gasteiger partial charge < -0.3 is 10.5 Å². The highest BCUT2D eigenvalue weighted by Gasteiger charge is 2.02. The molecule has 0 saturated heterocycles. The summed E-state index contributed by atoms with van der Waals surface area (Å²) in [5.74, 6) is 1.52. The third kappa shape index (κ3) is 4.14. The summed E-state index contributed by atoms with van der Waals surface area (Å²) in [7, 11) is 1.69. The second-order valence-electron chi connectivity index (χ2n) is 4.32. The lowest BCUT2D eigenvalue weighted by atomic mass is 9.99. The standard InChI is InChI=1S/C15H23NO/c1-4-6-12(5-2)7-8-13-11-14(16)9-10-15(13)17-3/h7-12H,4-6,16H2,1-3H3/b8-7+. The molecular weight excluding hydrogens is 210 g/mol. The van der Waals surface area contributed by atoms with E-state index in [1.807, 2.05) is 18.2 Å². The molecule has 0 spiro atoms. The van der Waals surface area contributed by atoms with Crippen LogP contribution in [0.25, 0.3) is 6.08 Å². The monoisotopic (exact) mass is 233 g/mol. The van der Waals surface area contributed by atoms with Gasteiger partial charge in [0.2, 0.25) is 0 Å². The number of ether oxygens (including phenoxy) is 1. The molecule has 0 aliphatic heterocycles. The fourth-order valence-electron chi connectivity index (χ4n) is 1.93. The van der Waals surface area contributed by atoms with Gasteiger partial charge in [0.05, 0.1) is 7.11 Å². The first-order valence-corrected chi connectivity index (χ1v) is 6.33. The Hall–Kier alpha value is -1.44. The van der Waals surface area contributed by atoms with E-state index in [1.54, 1.807) is 7.11 Å². The molecule has 17 heavy (non-hydrogen) atoms. The van der Waals surface area contributed by atoms with Crippen molar-refractivity contribution in [3.8, 4) is 5.75 Å². The first-order valence-electron chi connectivity index (χ1n) is 6.33. The molecule has 0 radical (unpaired) electrons. The van der Waals surface area contributed by atoms with Gasteiger partial charge in [-0.3, -0.25) is 0 Å². The van der Waals surface area contributed by atoms with Gasteiger partial charge in [-0.2, -0.15) is 0 Å².